The van der Waals surface area contributed by atoms with Crippen LogP contribution < -0.4 is 5.32 Å². The smallest absolute Gasteiger partial charge is 0.0207 e. The third kappa shape index (κ3) is 3.82. The lowest BCUT2D eigenvalue weighted by Crippen LogP contribution is -2.39. The molecule has 2 heteroatoms. The molecule has 1 aromatic carbocycles. The molecular weight excluding hydrogens is 298 g/mol. The number of hydrogen-bond donors (Lipinski definition) is 1. The average Bonchev–Trinajstić information content (AvgIpc) is 2.41. The van der Waals surface area contributed by atoms with Crippen LogP contribution in [-0.4, -0.2) is 13.1 Å². The average molecular weight is 324 g/mol. The van der Waals surface area contributed by atoms with Crippen LogP contribution in [0.2, 0.25) is 0 Å². The van der Waals surface area contributed by atoms with E-state index in [-0.39, 0.29) is 0 Å². The number of likely N-dealkylation sites (N-methyl/N-ethyl adjacent to an activating group) is 1. The molecule has 1 nitrogen and oxygen atoms in total. The highest BCUT2D eigenvalue weighted by molar-refractivity contribution is 9.10. The van der Waals surface area contributed by atoms with E-state index in [0.29, 0.717) is 6.04 Å². The van der Waals surface area contributed by atoms with Crippen molar-refractivity contribution < 1.29 is 0 Å². The molecule has 1 N–H and O–H groups in total. The van der Waals surface area contributed by atoms with Crippen LogP contribution in [0.1, 0.15) is 38.7 Å². The van der Waals surface area contributed by atoms with Crippen molar-refractivity contribution in [3.8, 4) is 0 Å². The number of rotatable bonds is 4. The zero-order chi connectivity index (χ0) is 13.8. The van der Waals surface area contributed by atoms with E-state index in [1.165, 1.54) is 29.3 Å². The topological polar surface area (TPSA) is 12.0 Å². The van der Waals surface area contributed by atoms with Crippen molar-refractivity contribution in [3.63, 3.8) is 0 Å². The van der Waals surface area contributed by atoms with Gasteiger partial charge < -0.3 is 5.32 Å². The summed E-state index contributed by atoms with van der Waals surface area (Å²) in [5, 5.41) is 3.56. The summed E-state index contributed by atoms with van der Waals surface area (Å²) in [6, 6.07) is 9.22. The van der Waals surface area contributed by atoms with Crippen molar-refractivity contribution in [1.29, 1.82) is 0 Å². The van der Waals surface area contributed by atoms with Crippen LogP contribution in [-0.2, 0) is 6.42 Å². The quantitative estimate of drug-likeness (QED) is 0.850. The molecular formula is C17H26BrN. The Hall–Kier alpha value is -0.340. The van der Waals surface area contributed by atoms with E-state index in [0.717, 1.165) is 24.2 Å². The van der Waals surface area contributed by atoms with Gasteiger partial charge in [-0.25, -0.2) is 0 Å². The molecule has 2 rings (SSSR count). The van der Waals surface area contributed by atoms with Gasteiger partial charge in [-0.2, -0.15) is 0 Å². The van der Waals surface area contributed by atoms with Crippen LogP contribution >= 0.6 is 15.9 Å². The maximum absolute atomic E-state index is 3.67. The number of halogens is 1. The Bertz CT molecular complexity index is 404. The van der Waals surface area contributed by atoms with E-state index in [9.17, 15) is 0 Å². The highest BCUT2D eigenvalue weighted by atomic mass is 79.9. The molecule has 4 atom stereocenters. The first kappa shape index (κ1) is 15.1. The summed E-state index contributed by atoms with van der Waals surface area (Å²) in [7, 11) is 2.12. The van der Waals surface area contributed by atoms with Gasteiger partial charge >= 0.3 is 0 Å². The first-order valence-electron chi connectivity index (χ1n) is 7.52. The summed E-state index contributed by atoms with van der Waals surface area (Å²) < 4.78 is 1.24. The minimum Gasteiger partial charge on any atom is -0.316 e. The second-order valence-corrected chi connectivity index (χ2v) is 7.07. The molecule has 1 aliphatic rings. The first-order chi connectivity index (χ1) is 9.11. The minimum atomic E-state index is 0.605. The molecule has 1 fully saturated rings. The number of benzene rings is 1. The molecule has 0 saturated heterocycles. The first-order valence-corrected chi connectivity index (χ1v) is 8.31. The lowest BCUT2D eigenvalue weighted by Gasteiger charge is -2.37. The van der Waals surface area contributed by atoms with Crippen LogP contribution in [0.3, 0.4) is 0 Å². The lowest BCUT2D eigenvalue weighted by atomic mass is 9.72. The zero-order valence-electron chi connectivity index (χ0n) is 12.3. The molecule has 1 aliphatic carbocycles. The lowest BCUT2D eigenvalue weighted by molar-refractivity contribution is 0.173. The van der Waals surface area contributed by atoms with E-state index < -0.39 is 0 Å². The molecule has 0 spiro atoms. The molecule has 1 saturated carbocycles. The maximum atomic E-state index is 3.67. The van der Waals surface area contributed by atoms with Gasteiger partial charge in [0.2, 0.25) is 0 Å². The van der Waals surface area contributed by atoms with Gasteiger partial charge in [0, 0.05) is 10.5 Å². The van der Waals surface area contributed by atoms with Gasteiger partial charge in [-0.15, -0.1) is 0 Å². The predicted octanol–water partition coefficient (Wildman–Crippen LogP) is 4.65. The minimum absolute atomic E-state index is 0.605. The fourth-order valence-corrected chi connectivity index (χ4v) is 3.81. The molecule has 0 aromatic heterocycles. The van der Waals surface area contributed by atoms with Gasteiger partial charge in [-0.1, -0.05) is 54.4 Å². The Morgan fingerprint density at radius 1 is 1.21 bits per heavy atom. The van der Waals surface area contributed by atoms with Crippen LogP contribution in [0.15, 0.2) is 28.7 Å². The van der Waals surface area contributed by atoms with E-state index in [4.69, 9.17) is 0 Å². The van der Waals surface area contributed by atoms with E-state index in [1.54, 1.807) is 0 Å². The normalized spacial score (nSPS) is 29.2. The largest absolute Gasteiger partial charge is 0.316 e. The third-order valence-electron chi connectivity index (χ3n) is 4.98. The maximum Gasteiger partial charge on any atom is 0.0207 e. The zero-order valence-corrected chi connectivity index (χ0v) is 13.9. The monoisotopic (exact) mass is 323 g/mol. The Morgan fingerprint density at radius 3 is 2.58 bits per heavy atom. The van der Waals surface area contributed by atoms with E-state index in [1.807, 2.05) is 0 Å². The van der Waals surface area contributed by atoms with E-state index in [2.05, 4.69) is 66.4 Å². The molecule has 19 heavy (non-hydrogen) atoms. The predicted molar refractivity (Wildman–Crippen MR) is 86.4 cm³/mol. The second kappa shape index (κ2) is 6.90. The van der Waals surface area contributed by atoms with Gasteiger partial charge in [0.15, 0.2) is 0 Å². The molecule has 4 unspecified atom stereocenters. The fraction of sp³-hybridized carbons (Fsp3) is 0.647. The number of hydrogen-bond acceptors (Lipinski definition) is 1. The second-order valence-electron chi connectivity index (χ2n) is 6.22. The standard InChI is InChI=1S/C17H26BrN/c1-12-8-9-15(10-13(12)2)17(19-3)11-14-6-4-5-7-16(14)18/h4-7,12-13,15,17,19H,8-11H2,1-3H3. The highest BCUT2D eigenvalue weighted by Crippen LogP contribution is 2.36. The Morgan fingerprint density at radius 2 is 1.95 bits per heavy atom. The molecule has 106 valence electrons. The molecule has 0 aliphatic heterocycles. The molecule has 0 amide bonds. The molecule has 1 aromatic rings. The van der Waals surface area contributed by atoms with Crippen molar-refractivity contribution in [3.05, 3.63) is 34.3 Å². The van der Waals surface area contributed by atoms with Gasteiger partial charge in [-0.3, -0.25) is 0 Å². The SMILES string of the molecule is CNC(Cc1ccccc1Br)C1CCC(C)C(C)C1. The van der Waals surface area contributed by atoms with Crippen molar-refractivity contribution in [2.45, 2.75) is 45.6 Å². The summed E-state index contributed by atoms with van der Waals surface area (Å²) in [6.45, 7) is 4.82. The highest BCUT2D eigenvalue weighted by Gasteiger charge is 2.29. The summed E-state index contributed by atoms with van der Waals surface area (Å²) in [4.78, 5) is 0. The Kier molecular flexibility index (Phi) is 5.47. The summed E-state index contributed by atoms with van der Waals surface area (Å²) >= 11 is 3.67. The van der Waals surface area contributed by atoms with Crippen LogP contribution in [0.25, 0.3) is 0 Å². The summed E-state index contributed by atoms with van der Waals surface area (Å²) in [5.74, 6) is 2.59. The Labute approximate surface area is 126 Å². The van der Waals surface area contributed by atoms with Gasteiger partial charge in [0.05, 0.1) is 0 Å². The van der Waals surface area contributed by atoms with Crippen molar-refractivity contribution in [2.75, 3.05) is 7.05 Å². The van der Waals surface area contributed by atoms with Crippen LogP contribution in [0.4, 0.5) is 0 Å². The van der Waals surface area contributed by atoms with Crippen LogP contribution in [0.5, 0.6) is 0 Å². The third-order valence-corrected chi connectivity index (χ3v) is 5.75. The fourth-order valence-electron chi connectivity index (χ4n) is 3.36. The molecule has 0 radical (unpaired) electrons. The molecule has 0 bridgehead atoms. The van der Waals surface area contributed by atoms with Gasteiger partial charge in [-0.05, 0) is 55.7 Å². The number of nitrogens with one attached hydrogen (secondary N) is 1. The van der Waals surface area contributed by atoms with Gasteiger partial charge in [0.1, 0.15) is 0 Å². The summed E-state index contributed by atoms with van der Waals surface area (Å²) in [6.07, 6.45) is 5.27. The van der Waals surface area contributed by atoms with Gasteiger partial charge in [0.25, 0.3) is 0 Å². The van der Waals surface area contributed by atoms with Crippen LogP contribution in [0, 0.1) is 17.8 Å². The summed E-state index contributed by atoms with van der Waals surface area (Å²) in [5.41, 5.74) is 1.42. The molecule has 0 heterocycles. The van der Waals surface area contributed by atoms with E-state index >= 15 is 0 Å². The van der Waals surface area contributed by atoms with Crippen molar-refractivity contribution in [1.82, 2.24) is 5.32 Å². The van der Waals surface area contributed by atoms with Crippen molar-refractivity contribution in [2.24, 2.45) is 17.8 Å². The van der Waals surface area contributed by atoms with Crippen molar-refractivity contribution >= 4 is 15.9 Å². The Balaban J connectivity index is 2.02.